The molecule has 0 saturated carbocycles. The molecule has 1 rings (SSSR count). The zero-order valence-electron chi connectivity index (χ0n) is 4.36. The maximum Gasteiger partial charge on any atom is -0.0140 e. The maximum atomic E-state index is 2.24. The Morgan fingerprint density at radius 3 is 1.83 bits per heavy atom. The summed E-state index contributed by atoms with van der Waals surface area (Å²) < 4.78 is 0. The van der Waals surface area contributed by atoms with Gasteiger partial charge < -0.3 is 0 Å². The van der Waals surface area contributed by atoms with Gasteiger partial charge in [0.25, 0.3) is 0 Å². The van der Waals surface area contributed by atoms with Crippen molar-refractivity contribution >= 4 is 0 Å². The molecule has 0 heteroatoms. The molecule has 34 valence electrons. The Bertz CT molecular complexity index is 78.0. The SMILES string of the molecule is CC1(C)C=CC1. The molecule has 1 aliphatic rings. The van der Waals surface area contributed by atoms with Crippen LogP contribution in [0.3, 0.4) is 0 Å². The molecular formula is C6H10. The van der Waals surface area contributed by atoms with E-state index in [1.54, 1.807) is 0 Å². The van der Waals surface area contributed by atoms with Gasteiger partial charge in [0.15, 0.2) is 0 Å². The van der Waals surface area contributed by atoms with E-state index in [9.17, 15) is 0 Å². The lowest BCUT2D eigenvalue weighted by Gasteiger charge is -2.25. The van der Waals surface area contributed by atoms with E-state index < -0.39 is 0 Å². The van der Waals surface area contributed by atoms with Gasteiger partial charge in [-0.1, -0.05) is 26.0 Å². The van der Waals surface area contributed by atoms with Crippen molar-refractivity contribution in [1.29, 1.82) is 0 Å². The first-order chi connectivity index (χ1) is 2.71. The molecule has 0 radical (unpaired) electrons. The largest absolute Gasteiger partial charge is 0.0871 e. The van der Waals surface area contributed by atoms with Crippen LogP contribution < -0.4 is 0 Å². The molecule has 0 aromatic rings. The molecule has 0 aliphatic heterocycles. The highest BCUT2D eigenvalue weighted by Crippen LogP contribution is 2.30. The van der Waals surface area contributed by atoms with E-state index in [0.29, 0.717) is 5.41 Å². The van der Waals surface area contributed by atoms with Gasteiger partial charge in [0.2, 0.25) is 0 Å². The maximum absolute atomic E-state index is 2.24. The molecule has 6 heavy (non-hydrogen) atoms. The van der Waals surface area contributed by atoms with E-state index in [0.717, 1.165) is 0 Å². The molecule has 0 aromatic carbocycles. The van der Waals surface area contributed by atoms with E-state index in [2.05, 4.69) is 26.0 Å². The van der Waals surface area contributed by atoms with Crippen LogP contribution in [0.2, 0.25) is 0 Å². The smallest absolute Gasteiger partial charge is 0.0140 e. The van der Waals surface area contributed by atoms with Gasteiger partial charge in [0.05, 0.1) is 0 Å². The molecule has 0 nitrogen and oxygen atoms in total. The summed E-state index contributed by atoms with van der Waals surface area (Å²) in [6.07, 6.45) is 5.72. The lowest BCUT2D eigenvalue weighted by molar-refractivity contribution is 0.443. The van der Waals surface area contributed by atoms with Crippen molar-refractivity contribution in [3.8, 4) is 0 Å². The average Bonchev–Trinajstić information content (AvgIpc) is 1.32. The summed E-state index contributed by atoms with van der Waals surface area (Å²) in [6.45, 7) is 4.49. The fourth-order valence-electron chi connectivity index (χ4n) is 0.589. The molecule has 0 aromatic heterocycles. The second-order valence-electron chi connectivity index (χ2n) is 2.60. The number of hydrogen-bond acceptors (Lipinski definition) is 0. The van der Waals surface area contributed by atoms with Gasteiger partial charge in [-0.2, -0.15) is 0 Å². The van der Waals surface area contributed by atoms with Crippen molar-refractivity contribution in [1.82, 2.24) is 0 Å². The van der Waals surface area contributed by atoms with Gasteiger partial charge in [-0.3, -0.25) is 0 Å². The predicted octanol–water partition coefficient (Wildman–Crippen LogP) is 1.97. The van der Waals surface area contributed by atoms with Gasteiger partial charge in [-0.05, 0) is 11.8 Å². The first-order valence-corrected chi connectivity index (χ1v) is 2.38. The Morgan fingerprint density at radius 2 is 1.83 bits per heavy atom. The van der Waals surface area contributed by atoms with E-state index in [1.165, 1.54) is 6.42 Å². The van der Waals surface area contributed by atoms with E-state index in [1.807, 2.05) is 0 Å². The zero-order chi connectivity index (χ0) is 4.62. The van der Waals surface area contributed by atoms with E-state index in [-0.39, 0.29) is 0 Å². The van der Waals surface area contributed by atoms with Crippen molar-refractivity contribution < 1.29 is 0 Å². The van der Waals surface area contributed by atoms with Crippen molar-refractivity contribution in [3.63, 3.8) is 0 Å². The van der Waals surface area contributed by atoms with Crippen molar-refractivity contribution in [2.75, 3.05) is 0 Å². The van der Waals surface area contributed by atoms with Crippen LogP contribution in [0.4, 0.5) is 0 Å². The van der Waals surface area contributed by atoms with Gasteiger partial charge in [-0.25, -0.2) is 0 Å². The minimum Gasteiger partial charge on any atom is -0.0871 e. The summed E-state index contributed by atoms with van der Waals surface area (Å²) in [7, 11) is 0. The second kappa shape index (κ2) is 0.868. The summed E-state index contributed by atoms with van der Waals surface area (Å²) in [5, 5.41) is 0. The summed E-state index contributed by atoms with van der Waals surface area (Å²) in [6, 6.07) is 0. The van der Waals surface area contributed by atoms with Crippen LogP contribution in [-0.2, 0) is 0 Å². The highest BCUT2D eigenvalue weighted by molar-refractivity contribution is 5.08. The highest BCUT2D eigenvalue weighted by atomic mass is 14.2. The molecule has 0 bridgehead atoms. The first-order valence-electron chi connectivity index (χ1n) is 2.38. The molecule has 0 saturated heterocycles. The monoisotopic (exact) mass is 82.1 g/mol. The van der Waals surface area contributed by atoms with Crippen molar-refractivity contribution in [2.45, 2.75) is 20.3 Å². The molecule has 1 aliphatic carbocycles. The molecule has 0 N–H and O–H groups in total. The Balaban J connectivity index is 2.57. The van der Waals surface area contributed by atoms with Crippen LogP contribution in [0.15, 0.2) is 12.2 Å². The number of rotatable bonds is 0. The zero-order valence-corrected chi connectivity index (χ0v) is 4.36. The summed E-state index contributed by atoms with van der Waals surface area (Å²) in [5.74, 6) is 0. The summed E-state index contributed by atoms with van der Waals surface area (Å²) >= 11 is 0. The molecule has 0 amide bonds. The standard InChI is InChI=1S/C6H10/c1-6(2)4-3-5-6/h3-4H,5H2,1-2H3. The number of allylic oxidation sites excluding steroid dienone is 2. The van der Waals surface area contributed by atoms with Crippen LogP contribution in [0.1, 0.15) is 20.3 Å². The molecular weight excluding hydrogens is 72.1 g/mol. The lowest BCUT2D eigenvalue weighted by Crippen LogP contribution is -2.12. The average molecular weight is 82.1 g/mol. The minimum absolute atomic E-state index is 0.542. The van der Waals surface area contributed by atoms with Crippen LogP contribution in [0, 0.1) is 5.41 Å². The Labute approximate surface area is 38.9 Å². The molecule has 0 fully saturated rings. The van der Waals surface area contributed by atoms with E-state index >= 15 is 0 Å². The van der Waals surface area contributed by atoms with Gasteiger partial charge >= 0.3 is 0 Å². The highest BCUT2D eigenvalue weighted by Gasteiger charge is 2.17. The quantitative estimate of drug-likeness (QED) is 0.392. The van der Waals surface area contributed by atoms with Crippen LogP contribution in [0.25, 0.3) is 0 Å². The van der Waals surface area contributed by atoms with Gasteiger partial charge in [0, 0.05) is 0 Å². The minimum atomic E-state index is 0.542. The van der Waals surface area contributed by atoms with Crippen LogP contribution >= 0.6 is 0 Å². The van der Waals surface area contributed by atoms with Crippen molar-refractivity contribution in [2.24, 2.45) is 5.41 Å². The second-order valence-corrected chi connectivity index (χ2v) is 2.60. The molecule has 0 heterocycles. The summed E-state index contributed by atoms with van der Waals surface area (Å²) in [4.78, 5) is 0. The predicted molar refractivity (Wildman–Crippen MR) is 27.5 cm³/mol. The topological polar surface area (TPSA) is 0 Å². The number of hydrogen-bond donors (Lipinski definition) is 0. The van der Waals surface area contributed by atoms with E-state index in [4.69, 9.17) is 0 Å². The third-order valence-electron chi connectivity index (χ3n) is 1.21. The normalized spacial score (nSPS) is 26.3. The summed E-state index contributed by atoms with van der Waals surface area (Å²) in [5.41, 5.74) is 0.542. The van der Waals surface area contributed by atoms with Gasteiger partial charge in [-0.15, -0.1) is 0 Å². The Morgan fingerprint density at radius 1 is 1.50 bits per heavy atom. The molecule has 0 spiro atoms. The third-order valence-corrected chi connectivity index (χ3v) is 1.21. The van der Waals surface area contributed by atoms with Crippen LogP contribution in [0.5, 0.6) is 0 Å². The van der Waals surface area contributed by atoms with Crippen molar-refractivity contribution in [3.05, 3.63) is 12.2 Å². The Kier molecular flexibility index (Phi) is 0.566. The fourth-order valence-corrected chi connectivity index (χ4v) is 0.589. The lowest BCUT2D eigenvalue weighted by atomic mass is 9.81. The molecule has 0 atom stereocenters. The Hall–Kier alpha value is -0.260. The fraction of sp³-hybridized carbons (Fsp3) is 0.667. The van der Waals surface area contributed by atoms with Gasteiger partial charge in [0.1, 0.15) is 0 Å². The first kappa shape index (κ1) is 3.91. The van der Waals surface area contributed by atoms with Crippen LogP contribution in [-0.4, -0.2) is 0 Å². The third kappa shape index (κ3) is 0.469. The molecule has 0 unspecified atom stereocenters.